The van der Waals surface area contributed by atoms with E-state index in [4.69, 9.17) is 15.2 Å². The summed E-state index contributed by atoms with van der Waals surface area (Å²) >= 11 is 1.59. The fourth-order valence-electron chi connectivity index (χ4n) is 4.62. The van der Waals surface area contributed by atoms with E-state index in [1.807, 2.05) is 29.2 Å². The van der Waals surface area contributed by atoms with E-state index < -0.39 is 5.79 Å². The van der Waals surface area contributed by atoms with E-state index in [-0.39, 0.29) is 5.91 Å². The van der Waals surface area contributed by atoms with Crippen molar-refractivity contribution < 1.29 is 14.3 Å². The number of anilines is 1. The van der Waals surface area contributed by atoms with Crippen molar-refractivity contribution in [2.24, 2.45) is 0 Å². The number of benzene rings is 2. The monoisotopic (exact) mass is 446 g/mol. The molecule has 2 aromatic carbocycles. The summed E-state index contributed by atoms with van der Waals surface area (Å²) in [6.45, 7) is 2.55. The summed E-state index contributed by atoms with van der Waals surface area (Å²) in [5.74, 6) is 0.0687. The second-order valence-corrected chi connectivity index (χ2v) is 9.28. The lowest BCUT2D eigenvalue weighted by Gasteiger charge is -2.37. The maximum absolute atomic E-state index is 13.2. The first-order valence-electron chi connectivity index (χ1n) is 10.7. The fourth-order valence-corrected chi connectivity index (χ4v) is 5.72. The molecule has 0 atom stereocenters. The Morgan fingerprint density at radius 3 is 2.62 bits per heavy atom. The highest BCUT2D eigenvalue weighted by Crippen LogP contribution is 2.37. The topological polar surface area (TPSA) is 90.6 Å². The number of carbonyl (C=O) groups excluding carboxylic acids is 1. The average Bonchev–Trinajstić information content (AvgIpc) is 3.44. The number of likely N-dealkylation sites (tertiary alicyclic amines) is 1. The summed E-state index contributed by atoms with van der Waals surface area (Å²) in [5, 5.41) is 1.06. The van der Waals surface area contributed by atoms with Gasteiger partial charge in [0.2, 0.25) is 0 Å². The van der Waals surface area contributed by atoms with Crippen LogP contribution in [-0.2, 0) is 9.47 Å². The lowest BCUT2D eigenvalue weighted by Crippen LogP contribution is -2.47. The van der Waals surface area contributed by atoms with Crippen molar-refractivity contribution >= 4 is 43.4 Å². The number of nitrogen functional groups attached to an aromatic ring is 1. The minimum Gasteiger partial charge on any atom is -0.382 e. The second kappa shape index (κ2) is 7.51. The van der Waals surface area contributed by atoms with Crippen molar-refractivity contribution in [1.82, 2.24) is 14.9 Å². The molecule has 1 spiro atoms. The summed E-state index contributed by atoms with van der Waals surface area (Å²) in [4.78, 5) is 23.6. The molecule has 162 valence electrons. The summed E-state index contributed by atoms with van der Waals surface area (Å²) in [6, 6.07) is 14.1. The molecule has 4 heterocycles. The Kier molecular flexibility index (Phi) is 4.60. The second-order valence-electron chi connectivity index (χ2n) is 8.23. The number of carbonyl (C=O) groups is 1. The molecular formula is C24H22N4O3S. The van der Waals surface area contributed by atoms with E-state index in [0.29, 0.717) is 50.5 Å². The first-order chi connectivity index (χ1) is 15.6. The molecule has 2 fully saturated rings. The zero-order valence-electron chi connectivity index (χ0n) is 17.4. The van der Waals surface area contributed by atoms with Crippen molar-refractivity contribution in [3.63, 3.8) is 0 Å². The van der Waals surface area contributed by atoms with Gasteiger partial charge in [0.25, 0.3) is 5.91 Å². The van der Waals surface area contributed by atoms with Crippen LogP contribution in [0.15, 0.2) is 48.8 Å². The van der Waals surface area contributed by atoms with Gasteiger partial charge in [-0.25, -0.2) is 9.97 Å². The molecule has 2 aliphatic heterocycles. The number of rotatable bonds is 2. The lowest BCUT2D eigenvalue weighted by molar-refractivity contribution is -0.181. The van der Waals surface area contributed by atoms with E-state index in [1.165, 1.54) is 6.33 Å². The van der Waals surface area contributed by atoms with Gasteiger partial charge in [-0.2, -0.15) is 0 Å². The number of fused-ring (bicyclic) bond motifs is 3. The van der Waals surface area contributed by atoms with Crippen LogP contribution >= 0.6 is 11.3 Å². The third-order valence-corrected chi connectivity index (χ3v) is 7.51. The Balaban J connectivity index is 1.28. The molecule has 0 bridgehead atoms. The van der Waals surface area contributed by atoms with Crippen LogP contribution in [0.2, 0.25) is 0 Å². The predicted octanol–water partition coefficient (Wildman–Crippen LogP) is 4.07. The molecule has 0 saturated carbocycles. The zero-order chi connectivity index (χ0) is 21.7. The van der Waals surface area contributed by atoms with Crippen LogP contribution in [0.3, 0.4) is 0 Å². The first kappa shape index (κ1) is 19.6. The summed E-state index contributed by atoms with van der Waals surface area (Å²) in [6.07, 6.45) is 2.93. The van der Waals surface area contributed by atoms with Crippen molar-refractivity contribution in [3.8, 4) is 11.1 Å². The maximum Gasteiger partial charge on any atom is 0.253 e. The summed E-state index contributed by atoms with van der Waals surface area (Å²) in [7, 11) is 0. The predicted molar refractivity (Wildman–Crippen MR) is 125 cm³/mol. The highest BCUT2D eigenvalue weighted by molar-refractivity contribution is 7.26. The van der Waals surface area contributed by atoms with Crippen LogP contribution in [0, 0.1) is 0 Å². The van der Waals surface area contributed by atoms with Crippen LogP contribution in [-0.4, -0.2) is 52.9 Å². The number of ether oxygens (including phenoxy) is 2. The van der Waals surface area contributed by atoms with E-state index in [0.717, 1.165) is 31.4 Å². The molecule has 2 aliphatic rings. The third-order valence-electron chi connectivity index (χ3n) is 6.35. The highest BCUT2D eigenvalue weighted by atomic mass is 32.1. The van der Waals surface area contributed by atoms with Gasteiger partial charge in [0.05, 0.1) is 23.4 Å². The molecule has 7 nitrogen and oxygen atoms in total. The van der Waals surface area contributed by atoms with Gasteiger partial charge in [0, 0.05) is 41.6 Å². The van der Waals surface area contributed by atoms with Gasteiger partial charge in [-0.15, -0.1) is 11.3 Å². The molecule has 0 unspecified atom stereocenters. The third kappa shape index (κ3) is 3.23. The number of nitrogens with zero attached hydrogens (tertiary/aromatic N) is 3. The molecule has 0 aliphatic carbocycles. The Bertz CT molecular complexity index is 1340. The maximum atomic E-state index is 13.2. The van der Waals surface area contributed by atoms with Gasteiger partial charge < -0.3 is 20.1 Å². The molecule has 6 rings (SSSR count). The highest BCUT2D eigenvalue weighted by Gasteiger charge is 2.40. The molecule has 32 heavy (non-hydrogen) atoms. The molecule has 2 saturated heterocycles. The van der Waals surface area contributed by atoms with Crippen molar-refractivity contribution in [2.75, 3.05) is 32.0 Å². The molecular weight excluding hydrogens is 424 g/mol. The van der Waals surface area contributed by atoms with E-state index in [2.05, 4.69) is 28.2 Å². The van der Waals surface area contributed by atoms with Gasteiger partial charge in [0.15, 0.2) is 5.79 Å². The molecule has 0 radical (unpaired) electrons. The molecule has 8 heteroatoms. The Morgan fingerprint density at radius 1 is 1.03 bits per heavy atom. The van der Waals surface area contributed by atoms with E-state index in [9.17, 15) is 4.79 Å². The van der Waals surface area contributed by atoms with E-state index >= 15 is 0 Å². The lowest BCUT2D eigenvalue weighted by atomic mass is 10.00. The molecule has 2 N–H and O–H groups in total. The first-order valence-corrected chi connectivity index (χ1v) is 11.5. The zero-order valence-corrected chi connectivity index (χ0v) is 18.2. The van der Waals surface area contributed by atoms with Crippen LogP contribution in [0.25, 0.3) is 31.4 Å². The minimum absolute atomic E-state index is 0.0469. The Morgan fingerprint density at radius 2 is 1.81 bits per heavy atom. The summed E-state index contributed by atoms with van der Waals surface area (Å²) in [5.41, 5.74) is 9.66. The minimum atomic E-state index is -0.480. The van der Waals surface area contributed by atoms with Crippen LogP contribution in [0.1, 0.15) is 23.2 Å². The Hall–Kier alpha value is -3.07. The van der Waals surface area contributed by atoms with Crippen molar-refractivity contribution in [1.29, 1.82) is 0 Å². The van der Waals surface area contributed by atoms with E-state index in [1.54, 1.807) is 11.3 Å². The molecule has 2 aromatic heterocycles. The number of nitrogens with two attached hydrogens (primary N) is 1. The number of hydrogen-bond donors (Lipinski definition) is 1. The van der Waals surface area contributed by atoms with Gasteiger partial charge in [-0.3, -0.25) is 4.79 Å². The van der Waals surface area contributed by atoms with Gasteiger partial charge >= 0.3 is 0 Å². The number of hydrogen-bond acceptors (Lipinski definition) is 7. The van der Waals surface area contributed by atoms with Crippen LogP contribution < -0.4 is 5.73 Å². The van der Waals surface area contributed by atoms with Crippen LogP contribution in [0.5, 0.6) is 0 Å². The SMILES string of the molecule is Nc1ncnc2c1sc1cc(-c3cccc(C(=O)N4CCC5(CC4)OCCO5)c3)ccc12. The largest absolute Gasteiger partial charge is 0.382 e. The van der Waals surface area contributed by atoms with Crippen LogP contribution in [0.4, 0.5) is 5.82 Å². The average molecular weight is 447 g/mol. The normalized spacial score (nSPS) is 18.1. The Labute approximate surface area is 188 Å². The number of aromatic nitrogens is 2. The standard InChI is InChI=1S/C24H22N4O3S/c25-22-21-20(26-14-27-22)18-5-4-16(13-19(18)32-21)15-2-1-3-17(12-15)23(29)28-8-6-24(7-9-28)30-10-11-31-24/h1-5,12-14H,6-11H2,(H2,25,26,27). The fraction of sp³-hybridized carbons (Fsp3) is 0.292. The van der Waals surface area contributed by atoms with Crippen molar-refractivity contribution in [2.45, 2.75) is 18.6 Å². The number of thiophene rings is 1. The number of piperidine rings is 1. The smallest absolute Gasteiger partial charge is 0.253 e. The van der Waals surface area contributed by atoms with Crippen molar-refractivity contribution in [3.05, 3.63) is 54.4 Å². The molecule has 4 aromatic rings. The summed E-state index contributed by atoms with van der Waals surface area (Å²) < 4.78 is 13.6. The molecule has 1 amide bonds. The van der Waals surface area contributed by atoms with Gasteiger partial charge in [-0.1, -0.05) is 24.3 Å². The quantitative estimate of drug-likeness (QED) is 0.499. The van der Waals surface area contributed by atoms with Gasteiger partial charge in [-0.05, 0) is 29.3 Å². The number of amides is 1. The van der Waals surface area contributed by atoms with Gasteiger partial charge in [0.1, 0.15) is 12.1 Å².